The number of rotatable bonds is 1. The smallest absolute Gasteiger partial charge is 0.163 e. The van der Waals surface area contributed by atoms with Crippen molar-refractivity contribution in [3.8, 4) is 11.4 Å². The van der Waals surface area contributed by atoms with E-state index in [0.717, 1.165) is 0 Å². The first kappa shape index (κ1) is 15.0. The van der Waals surface area contributed by atoms with Crippen LogP contribution in [0.2, 0.25) is 15.2 Å². The largest absolute Gasteiger partial charge is 0.225 e. The molecule has 2 aromatic carbocycles. The molecule has 0 saturated heterocycles. The summed E-state index contributed by atoms with van der Waals surface area (Å²) in [4.78, 5) is 8.42. The Morgan fingerprint density at radius 1 is 1.00 bits per heavy atom. The highest BCUT2D eigenvalue weighted by atomic mass is 79.9. The Kier molecular flexibility index (Phi) is 4.06. The third-order valence-electron chi connectivity index (χ3n) is 2.88. The minimum atomic E-state index is -0.483. The molecule has 3 aromatic rings. The van der Waals surface area contributed by atoms with Gasteiger partial charge in [0, 0.05) is 15.1 Å². The van der Waals surface area contributed by atoms with Crippen molar-refractivity contribution < 1.29 is 4.39 Å². The van der Waals surface area contributed by atoms with Gasteiger partial charge >= 0.3 is 0 Å². The van der Waals surface area contributed by atoms with E-state index in [-0.39, 0.29) is 16.5 Å². The summed E-state index contributed by atoms with van der Waals surface area (Å²) in [7, 11) is 0. The van der Waals surface area contributed by atoms with Gasteiger partial charge in [-0.15, -0.1) is 0 Å². The second-order valence-corrected chi connectivity index (χ2v) is 6.27. The average Bonchev–Trinajstić information content (AvgIpc) is 2.42. The van der Waals surface area contributed by atoms with Crippen LogP contribution in [0.1, 0.15) is 0 Å². The number of halogens is 5. The first-order chi connectivity index (χ1) is 9.97. The fourth-order valence-electron chi connectivity index (χ4n) is 1.92. The molecular weight excluding hydrogens is 401 g/mol. The molecule has 3 rings (SSSR count). The Morgan fingerprint density at radius 3 is 2.48 bits per heavy atom. The summed E-state index contributed by atoms with van der Waals surface area (Å²) in [6.07, 6.45) is 0. The molecular formula is C14H5BrCl3FN2. The van der Waals surface area contributed by atoms with Gasteiger partial charge in [0.2, 0.25) is 0 Å². The van der Waals surface area contributed by atoms with Crippen molar-refractivity contribution in [2.75, 3.05) is 0 Å². The van der Waals surface area contributed by atoms with Gasteiger partial charge in [-0.25, -0.2) is 14.4 Å². The topological polar surface area (TPSA) is 25.8 Å². The minimum Gasteiger partial charge on any atom is -0.225 e. The fourth-order valence-corrected chi connectivity index (χ4v) is 3.30. The predicted octanol–water partition coefficient (Wildman–Crippen LogP) is 6.16. The molecule has 21 heavy (non-hydrogen) atoms. The van der Waals surface area contributed by atoms with Crippen molar-refractivity contribution in [3.05, 3.63) is 55.8 Å². The Balaban J connectivity index is 2.33. The highest BCUT2D eigenvalue weighted by molar-refractivity contribution is 9.10. The lowest BCUT2D eigenvalue weighted by atomic mass is 10.2. The third kappa shape index (κ3) is 2.73. The van der Waals surface area contributed by atoms with Crippen molar-refractivity contribution in [2.24, 2.45) is 0 Å². The number of hydrogen-bond donors (Lipinski definition) is 0. The lowest BCUT2D eigenvalue weighted by Crippen LogP contribution is -1.95. The van der Waals surface area contributed by atoms with E-state index < -0.39 is 5.82 Å². The lowest BCUT2D eigenvalue weighted by molar-refractivity contribution is 0.636. The van der Waals surface area contributed by atoms with Gasteiger partial charge in [0.05, 0.1) is 10.4 Å². The van der Waals surface area contributed by atoms with Crippen LogP contribution < -0.4 is 0 Å². The number of nitrogens with zero attached hydrogens (tertiary/aromatic N) is 2. The maximum Gasteiger partial charge on any atom is 0.163 e. The zero-order valence-corrected chi connectivity index (χ0v) is 14.0. The van der Waals surface area contributed by atoms with Crippen LogP contribution in [0, 0.1) is 5.82 Å². The number of fused-ring (bicyclic) bond motifs is 1. The van der Waals surface area contributed by atoms with E-state index >= 15 is 0 Å². The van der Waals surface area contributed by atoms with Crippen molar-refractivity contribution in [2.45, 2.75) is 0 Å². The van der Waals surface area contributed by atoms with Gasteiger partial charge in [0.1, 0.15) is 16.5 Å². The van der Waals surface area contributed by atoms with Crippen LogP contribution >= 0.6 is 50.7 Å². The molecule has 0 saturated carbocycles. The first-order valence-electron chi connectivity index (χ1n) is 5.74. The molecule has 0 fully saturated rings. The molecule has 0 aliphatic rings. The molecule has 0 bridgehead atoms. The van der Waals surface area contributed by atoms with Gasteiger partial charge in [0.15, 0.2) is 5.82 Å². The standard InChI is InChI=1S/C14H5BrCl3FN2/c15-8-3-4-10(19)12-11(8)13(18)21-14(20-12)7-2-1-6(16)5-9(7)17/h1-5H. The van der Waals surface area contributed by atoms with Crippen LogP contribution in [0.5, 0.6) is 0 Å². The quantitative estimate of drug-likeness (QED) is 0.453. The second kappa shape index (κ2) is 5.69. The summed E-state index contributed by atoms with van der Waals surface area (Å²) in [6, 6.07) is 7.75. The fraction of sp³-hybridized carbons (Fsp3) is 0. The molecule has 0 amide bonds. The molecule has 0 unspecified atom stereocenters. The zero-order valence-electron chi connectivity index (χ0n) is 10.2. The van der Waals surface area contributed by atoms with Crippen molar-refractivity contribution >= 4 is 61.6 Å². The number of hydrogen-bond acceptors (Lipinski definition) is 2. The Bertz CT molecular complexity index is 870. The number of aromatic nitrogens is 2. The maximum absolute atomic E-state index is 14.0. The van der Waals surface area contributed by atoms with E-state index in [1.54, 1.807) is 24.3 Å². The molecule has 2 nitrogen and oxygen atoms in total. The van der Waals surface area contributed by atoms with Crippen LogP contribution in [0.4, 0.5) is 4.39 Å². The van der Waals surface area contributed by atoms with Gasteiger partial charge in [-0.2, -0.15) is 0 Å². The molecule has 1 aromatic heterocycles. The molecule has 7 heteroatoms. The van der Waals surface area contributed by atoms with Crippen molar-refractivity contribution in [1.82, 2.24) is 9.97 Å². The van der Waals surface area contributed by atoms with Crippen LogP contribution in [0.25, 0.3) is 22.3 Å². The highest BCUT2D eigenvalue weighted by Gasteiger charge is 2.15. The van der Waals surface area contributed by atoms with Crippen LogP contribution in [0.15, 0.2) is 34.8 Å². The highest BCUT2D eigenvalue weighted by Crippen LogP contribution is 2.34. The molecule has 106 valence electrons. The van der Waals surface area contributed by atoms with E-state index in [2.05, 4.69) is 25.9 Å². The van der Waals surface area contributed by atoms with E-state index in [1.165, 1.54) is 6.07 Å². The molecule has 0 radical (unpaired) electrons. The van der Waals surface area contributed by atoms with E-state index in [4.69, 9.17) is 34.8 Å². The summed E-state index contributed by atoms with van der Waals surface area (Å²) in [5.41, 5.74) is 0.662. The Hall–Kier alpha value is -0.940. The molecule has 0 atom stereocenters. The van der Waals surface area contributed by atoms with E-state index in [9.17, 15) is 4.39 Å². The predicted molar refractivity (Wildman–Crippen MR) is 87.7 cm³/mol. The van der Waals surface area contributed by atoms with Gasteiger partial charge in [0.25, 0.3) is 0 Å². The van der Waals surface area contributed by atoms with Gasteiger partial charge in [-0.05, 0) is 46.3 Å². The SMILES string of the molecule is Fc1ccc(Br)c2c(Cl)nc(-c3ccc(Cl)cc3Cl)nc12. The molecule has 0 N–H and O–H groups in total. The van der Waals surface area contributed by atoms with Crippen LogP contribution in [-0.2, 0) is 0 Å². The van der Waals surface area contributed by atoms with Crippen molar-refractivity contribution in [3.63, 3.8) is 0 Å². The number of benzene rings is 2. The molecule has 1 heterocycles. The summed E-state index contributed by atoms with van der Waals surface area (Å²) in [6.45, 7) is 0. The summed E-state index contributed by atoms with van der Waals surface area (Å²) >= 11 is 21.5. The first-order valence-corrected chi connectivity index (χ1v) is 7.66. The van der Waals surface area contributed by atoms with E-state index in [0.29, 0.717) is 25.5 Å². The van der Waals surface area contributed by atoms with Gasteiger partial charge < -0.3 is 0 Å². The summed E-state index contributed by atoms with van der Waals surface area (Å²) in [5, 5.41) is 1.43. The zero-order chi connectivity index (χ0) is 15.1. The normalized spacial score (nSPS) is 11.1. The minimum absolute atomic E-state index is 0.130. The van der Waals surface area contributed by atoms with Gasteiger partial charge in [-0.3, -0.25) is 0 Å². The lowest BCUT2D eigenvalue weighted by Gasteiger charge is -2.08. The monoisotopic (exact) mass is 404 g/mol. The Labute approximate surface area is 143 Å². The van der Waals surface area contributed by atoms with Gasteiger partial charge in [-0.1, -0.05) is 34.8 Å². The second-order valence-electron chi connectivity index (χ2n) is 4.22. The third-order valence-corrected chi connectivity index (χ3v) is 4.36. The Morgan fingerprint density at radius 2 is 1.76 bits per heavy atom. The molecule has 0 aliphatic carbocycles. The molecule has 0 aliphatic heterocycles. The maximum atomic E-state index is 14.0. The van der Waals surface area contributed by atoms with Crippen LogP contribution in [0.3, 0.4) is 0 Å². The molecule has 0 spiro atoms. The van der Waals surface area contributed by atoms with Crippen molar-refractivity contribution in [1.29, 1.82) is 0 Å². The summed E-state index contributed by atoms with van der Waals surface area (Å²) in [5.74, 6) is -0.241. The summed E-state index contributed by atoms with van der Waals surface area (Å²) < 4.78 is 14.6. The van der Waals surface area contributed by atoms with E-state index in [1.807, 2.05) is 0 Å². The van der Waals surface area contributed by atoms with Crippen LogP contribution in [-0.4, -0.2) is 9.97 Å². The average molecular weight is 406 g/mol.